The molecule has 0 spiro atoms. The number of ether oxygens (including phenoxy) is 1. The van der Waals surface area contributed by atoms with Crippen LogP contribution < -0.4 is 10.1 Å². The van der Waals surface area contributed by atoms with E-state index in [0.29, 0.717) is 18.6 Å². The van der Waals surface area contributed by atoms with E-state index in [1.807, 2.05) is 12.1 Å². The lowest BCUT2D eigenvalue weighted by Gasteiger charge is -2.32. The molecule has 0 unspecified atom stereocenters. The number of carbonyl (C=O) groups is 2. The Morgan fingerprint density at radius 3 is 2.53 bits per heavy atom. The van der Waals surface area contributed by atoms with Crippen molar-refractivity contribution < 1.29 is 19.4 Å². The summed E-state index contributed by atoms with van der Waals surface area (Å²) in [6.07, 6.45) is 1.01. The van der Waals surface area contributed by atoms with Crippen molar-refractivity contribution in [2.45, 2.75) is 18.9 Å². The van der Waals surface area contributed by atoms with Crippen molar-refractivity contribution in [2.24, 2.45) is 5.92 Å². The number of nitrogens with one attached hydrogen (secondary N) is 1. The van der Waals surface area contributed by atoms with E-state index in [1.54, 1.807) is 12.1 Å². The molecule has 1 aromatic rings. The van der Waals surface area contributed by atoms with Gasteiger partial charge in [-0.25, -0.2) is 0 Å². The van der Waals surface area contributed by atoms with E-state index in [0.717, 1.165) is 3.57 Å². The average molecular weight is 375 g/mol. The van der Waals surface area contributed by atoms with Gasteiger partial charge in [-0.05, 0) is 59.7 Å². The van der Waals surface area contributed by atoms with Crippen LogP contribution in [0.1, 0.15) is 12.8 Å². The summed E-state index contributed by atoms with van der Waals surface area (Å²) in [5, 5.41) is 11.5. The van der Waals surface area contributed by atoms with Crippen LogP contribution in [-0.4, -0.2) is 29.6 Å². The molecule has 0 radical (unpaired) electrons. The van der Waals surface area contributed by atoms with Crippen molar-refractivity contribution in [3.8, 4) is 5.75 Å². The first-order chi connectivity index (χ1) is 9.04. The highest BCUT2D eigenvalue weighted by atomic mass is 127. The number of aliphatic carboxylic acids is 1. The fourth-order valence-corrected chi connectivity index (χ4v) is 2.25. The molecule has 1 fully saturated rings. The number of hydrogen-bond acceptors (Lipinski definition) is 3. The third kappa shape index (κ3) is 4.09. The molecule has 0 atom stereocenters. The summed E-state index contributed by atoms with van der Waals surface area (Å²) in [5.41, 5.74) is 0. The van der Waals surface area contributed by atoms with Crippen LogP contribution in [0.15, 0.2) is 24.3 Å². The Labute approximate surface area is 124 Å². The van der Waals surface area contributed by atoms with Gasteiger partial charge < -0.3 is 15.2 Å². The maximum absolute atomic E-state index is 11.6. The molecule has 19 heavy (non-hydrogen) atoms. The molecule has 1 aliphatic carbocycles. The number of carbonyl (C=O) groups excluding carboxylic acids is 1. The molecule has 2 rings (SSSR count). The Balaban J connectivity index is 1.68. The molecule has 1 saturated carbocycles. The van der Waals surface area contributed by atoms with Crippen LogP contribution in [0.2, 0.25) is 0 Å². The zero-order valence-electron chi connectivity index (χ0n) is 10.1. The van der Waals surface area contributed by atoms with Gasteiger partial charge in [-0.2, -0.15) is 0 Å². The molecule has 1 aromatic carbocycles. The summed E-state index contributed by atoms with van der Waals surface area (Å²) in [6.45, 7) is -0.0468. The number of rotatable bonds is 5. The quantitative estimate of drug-likeness (QED) is 0.768. The molecule has 5 nitrogen and oxygen atoms in total. The highest BCUT2D eigenvalue weighted by molar-refractivity contribution is 14.1. The summed E-state index contributed by atoms with van der Waals surface area (Å²) in [6, 6.07) is 7.38. The normalized spacial score (nSPS) is 21.3. The van der Waals surface area contributed by atoms with E-state index in [4.69, 9.17) is 9.84 Å². The first-order valence-corrected chi connectivity index (χ1v) is 7.03. The van der Waals surface area contributed by atoms with Crippen molar-refractivity contribution in [1.82, 2.24) is 5.32 Å². The van der Waals surface area contributed by atoms with Crippen LogP contribution in [0.4, 0.5) is 0 Å². The van der Waals surface area contributed by atoms with Gasteiger partial charge in [0.1, 0.15) is 5.75 Å². The third-order valence-corrected chi connectivity index (χ3v) is 3.76. The Kier molecular flexibility index (Phi) is 4.62. The lowest BCUT2D eigenvalue weighted by molar-refractivity contribution is -0.146. The smallest absolute Gasteiger partial charge is 0.306 e. The van der Waals surface area contributed by atoms with Gasteiger partial charge in [-0.1, -0.05) is 0 Å². The fourth-order valence-electron chi connectivity index (χ4n) is 1.89. The number of amides is 1. The van der Waals surface area contributed by atoms with Gasteiger partial charge in [0.05, 0.1) is 5.92 Å². The van der Waals surface area contributed by atoms with Gasteiger partial charge in [0, 0.05) is 9.61 Å². The molecule has 0 bridgehead atoms. The third-order valence-electron chi connectivity index (χ3n) is 3.04. The van der Waals surface area contributed by atoms with Crippen LogP contribution in [0.5, 0.6) is 5.75 Å². The second kappa shape index (κ2) is 6.23. The minimum atomic E-state index is -0.791. The fraction of sp³-hybridized carbons (Fsp3) is 0.385. The maximum Gasteiger partial charge on any atom is 0.306 e. The second-order valence-corrected chi connectivity index (χ2v) is 5.76. The first kappa shape index (κ1) is 14.1. The van der Waals surface area contributed by atoms with E-state index in [1.165, 1.54) is 0 Å². The van der Waals surface area contributed by atoms with Crippen LogP contribution in [0, 0.1) is 9.49 Å². The predicted octanol–water partition coefficient (Wildman–Crippen LogP) is 1.65. The Bertz CT molecular complexity index is 468. The second-order valence-electron chi connectivity index (χ2n) is 4.51. The molecule has 2 N–H and O–H groups in total. The molecule has 0 saturated heterocycles. The molecule has 1 amide bonds. The van der Waals surface area contributed by atoms with Crippen molar-refractivity contribution in [2.75, 3.05) is 6.61 Å². The molecular weight excluding hydrogens is 361 g/mol. The number of benzene rings is 1. The van der Waals surface area contributed by atoms with Gasteiger partial charge >= 0.3 is 5.97 Å². The predicted molar refractivity (Wildman–Crippen MR) is 76.9 cm³/mol. The molecule has 1 aliphatic rings. The number of carboxylic acids is 1. The highest BCUT2D eigenvalue weighted by Gasteiger charge is 2.35. The van der Waals surface area contributed by atoms with Gasteiger partial charge in [-0.3, -0.25) is 9.59 Å². The van der Waals surface area contributed by atoms with E-state index in [-0.39, 0.29) is 24.5 Å². The number of carboxylic acid groups (broad SMARTS) is 1. The summed E-state index contributed by atoms with van der Waals surface area (Å²) in [4.78, 5) is 22.2. The SMILES string of the molecule is O=C(COc1ccc(I)cc1)NC1CC(C(=O)O)C1. The minimum absolute atomic E-state index is 0.0334. The lowest BCUT2D eigenvalue weighted by Crippen LogP contribution is -2.48. The Morgan fingerprint density at radius 1 is 1.32 bits per heavy atom. The lowest BCUT2D eigenvalue weighted by atomic mass is 9.80. The Morgan fingerprint density at radius 2 is 1.95 bits per heavy atom. The van der Waals surface area contributed by atoms with Crippen LogP contribution in [0.25, 0.3) is 0 Å². The summed E-state index contributed by atoms with van der Waals surface area (Å²) >= 11 is 2.19. The van der Waals surface area contributed by atoms with Crippen molar-refractivity contribution in [1.29, 1.82) is 0 Å². The molecule has 0 aliphatic heterocycles. The van der Waals surface area contributed by atoms with Crippen molar-refractivity contribution in [3.05, 3.63) is 27.8 Å². The van der Waals surface area contributed by atoms with Gasteiger partial charge in [0.2, 0.25) is 0 Å². The number of halogens is 1. The molecule has 0 aromatic heterocycles. The zero-order chi connectivity index (χ0) is 13.8. The van der Waals surface area contributed by atoms with E-state index in [2.05, 4.69) is 27.9 Å². The molecular formula is C13H14INO4. The molecule has 6 heteroatoms. The standard InChI is InChI=1S/C13H14INO4/c14-9-1-3-11(4-2-9)19-7-12(16)15-10-5-8(6-10)13(17)18/h1-4,8,10H,5-7H2,(H,15,16)(H,17,18). The van der Waals surface area contributed by atoms with Gasteiger partial charge in [0.25, 0.3) is 5.91 Å². The van der Waals surface area contributed by atoms with E-state index >= 15 is 0 Å². The first-order valence-electron chi connectivity index (χ1n) is 5.95. The average Bonchev–Trinajstić information content (AvgIpc) is 2.32. The van der Waals surface area contributed by atoms with Gasteiger partial charge in [-0.15, -0.1) is 0 Å². The summed E-state index contributed by atoms with van der Waals surface area (Å²) in [7, 11) is 0. The summed E-state index contributed by atoms with van der Waals surface area (Å²) in [5.74, 6) is -0.678. The van der Waals surface area contributed by atoms with Gasteiger partial charge in [0.15, 0.2) is 6.61 Å². The monoisotopic (exact) mass is 375 g/mol. The molecule has 0 heterocycles. The number of hydrogen-bond donors (Lipinski definition) is 2. The topological polar surface area (TPSA) is 75.6 Å². The van der Waals surface area contributed by atoms with E-state index in [9.17, 15) is 9.59 Å². The maximum atomic E-state index is 11.6. The summed E-state index contributed by atoms with van der Waals surface area (Å²) < 4.78 is 6.44. The van der Waals surface area contributed by atoms with Crippen LogP contribution in [0.3, 0.4) is 0 Å². The van der Waals surface area contributed by atoms with Crippen LogP contribution >= 0.6 is 22.6 Å². The van der Waals surface area contributed by atoms with E-state index < -0.39 is 5.97 Å². The van der Waals surface area contributed by atoms with Crippen LogP contribution in [-0.2, 0) is 9.59 Å². The highest BCUT2D eigenvalue weighted by Crippen LogP contribution is 2.27. The molecule has 102 valence electrons. The van der Waals surface area contributed by atoms with Crippen molar-refractivity contribution in [3.63, 3.8) is 0 Å². The largest absolute Gasteiger partial charge is 0.484 e. The Hall–Kier alpha value is -1.31. The minimum Gasteiger partial charge on any atom is -0.484 e. The zero-order valence-corrected chi connectivity index (χ0v) is 12.3. The van der Waals surface area contributed by atoms with Crippen molar-refractivity contribution >= 4 is 34.5 Å².